The van der Waals surface area contributed by atoms with Crippen molar-refractivity contribution in [3.8, 4) is 0 Å². The topological polar surface area (TPSA) is 24.7 Å². The molecule has 0 aliphatic rings. The monoisotopic (exact) mass is 234 g/mol. The van der Waals surface area contributed by atoms with Gasteiger partial charge in [-0.15, -0.1) is 10.2 Å². The van der Waals surface area contributed by atoms with E-state index in [1.807, 2.05) is 48.5 Å². The average molecular weight is 234 g/mol. The van der Waals surface area contributed by atoms with Crippen molar-refractivity contribution in [1.29, 1.82) is 0 Å². The van der Waals surface area contributed by atoms with Gasteiger partial charge in [0.1, 0.15) is 0 Å². The summed E-state index contributed by atoms with van der Waals surface area (Å²) in [6.45, 7) is 7.52. The Morgan fingerprint density at radius 2 is 1.06 bits per heavy atom. The predicted molar refractivity (Wildman–Crippen MR) is 77.2 cm³/mol. The zero-order valence-corrected chi connectivity index (χ0v) is 10.1. The molecule has 0 radical (unpaired) electrons. The summed E-state index contributed by atoms with van der Waals surface area (Å²) < 4.78 is 0. The smallest absolute Gasteiger partial charge is 0.0929 e. The number of hydrogen-bond acceptors (Lipinski definition) is 2. The van der Waals surface area contributed by atoms with Gasteiger partial charge in [-0.2, -0.15) is 0 Å². The van der Waals surface area contributed by atoms with Crippen LogP contribution in [0.15, 0.2) is 71.9 Å². The van der Waals surface area contributed by atoms with Gasteiger partial charge in [0.25, 0.3) is 0 Å². The highest BCUT2D eigenvalue weighted by molar-refractivity contribution is 5.64. The Morgan fingerprint density at radius 3 is 1.44 bits per heavy atom. The Morgan fingerprint density at radius 1 is 0.667 bits per heavy atom. The number of azo groups is 1. The predicted octanol–water partition coefficient (Wildman–Crippen LogP) is 5.39. The highest BCUT2D eigenvalue weighted by atomic mass is 15.1. The number of hydrogen-bond donors (Lipinski definition) is 0. The van der Waals surface area contributed by atoms with Gasteiger partial charge in [-0.1, -0.05) is 61.7 Å². The first kappa shape index (κ1) is 12.0. The van der Waals surface area contributed by atoms with Gasteiger partial charge < -0.3 is 0 Å². The van der Waals surface area contributed by atoms with Gasteiger partial charge in [0.2, 0.25) is 0 Å². The van der Waals surface area contributed by atoms with E-state index in [0.717, 1.165) is 22.5 Å². The highest BCUT2D eigenvalue weighted by Gasteiger charge is 1.98. The Balaban J connectivity index is 2.35. The zero-order valence-electron chi connectivity index (χ0n) is 10.1. The van der Waals surface area contributed by atoms with Gasteiger partial charge in [-0.25, -0.2) is 0 Å². The summed E-state index contributed by atoms with van der Waals surface area (Å²) in [4.78, 5) is 0. The van der Waals surface area contributed by atoms with Crippen molar-refractivity contribution in [2.24, 2.45) is 10.2 Å². The number of nitrogens with zero attached hydrogens (tertiary/aromatic N) is 2. The first-order chi connectivity index (χ1) is 8.85. The molecule has 0 aliphatic carbocycles. The van der Waals surface area contributed by atoms with Crippen LogP contribution in [0.25, 0.3) is 12.2 Å². The summed E-state index contributed by atoms with van der Waals surface area (Å²) in [6.07, 6.45) is 3.54. The van der Waals surface area contributed by atoms with Crippen molar-refractivity contribution in [1.82, 2.24) is 0 Å². The summed E-state index contributed by atoms with van der Waals surface area (Å²) >= 11 is 0. The quantitative estimate of drug-likeness (QED) is 0.634. The second-order valence-corrected chi connectivity index (χ2v) is 3.73. The SMILES string of the molecule is C=Cc1ccccc1N=Nc1ccccc1C=C. The zero-order chi connectivity index (χ0) is 12.8. The normalized spacial score (nSPS) is 10.4. The Kier molecular flexibility index (Phi) is 3.82. The van der Waals surface area contributed by atoms with Gasteiger partial charge in [0.05, 0.1) is 11.4 Å². The van der Waals surface area contributed by atoms with Crippen molar-refractivity contribution < 1.29 is 0 Å². The van der Waals surface area contributed by atoms with Crippen molar-refractivity contribution in [2.75, 3.05) is 0 Å². The van der Waals surface area contributed by atoms with Gasteiger partial charge in [0.15, 0.2) is 0 Å². The molecule has 2 nitrogen and oxygen atoms in total. The van der Waals surface area contributed by atoms with Crippen LogP contribution in [0.2, 0.25) is 0 Å². The molecule has 0 unspecified atom stereocenters. The molecule has 2 heteroatoms. The molecule has 0 saturated carbocycles. The third-order valence-corrected chi connectivity index (χ3v) is 2.58. The Bertz CT molecular complexity index is 544. The molecule has 0 saturated heterocycles. The van der Waals surface area contributed by atoms with E-state index in [4.69, 9.17) is 0 Å². The second-order valence-electron chi connectivity index (χ2n) is 3.73. The molecule has 2 aromatic rings. The molecule has 0 bridgehead atoms. The maximum absolute atomic E-state index is 4.26. The minimum absolute atomic E-state index is 0.811. The molecule has 0 aliphatic heterocycles. The molecule has 0 aromatic heterocycles. The van der Waals surface area contributed by atoms with Gasteiger partial charge >= 0.3 is 0 Å². The first-order valence-corrected chi connectivity index (χ1v) is 5.70. The summed E-state index contributed by atoms with van der Waals surface area (Å²) in [5.41, 5.74) is 3.56. The average Bonchev–Trinajstić information content (AvgIpc) is 2.45. The Hall–Kier alpha value is -2.48. The van der Waals surface area contributed by atoms with Crippen LogP contribution in [0, 0.1) is 0 Å². The van der Waals surface area contributed by atoms with E-state index >= 15 is 0 Å². The maximum atomic E-state index is 4.26. The van der Waals surface area contributed by atoms with Crippen LogP contribution in [-0.4, -0.2) is 0 Å². The number of rotatable bonds is 4. The highest BCUT2D eigenvalue weighted by Crippen LogP contribution is 2.25. The van der Waals surface area contributed by atoms with E-state index in [1.165, 1.54) is 0 Å². The van der Waals surface area contributed by atoms with E-state index < -0.39 is 0 Å². The van der Waals surface area contributed by atoms with Crippen molar-refractivity contribution in [3.05, 3.63) is 72.8 Å². The van der Waals surface area contributed by atoms with Crippen molar-refractivity contribution in [3.63, 3.8) is 0 Å². The maximum Gasteiger partial charge on any atom is 0.0929 e. The first-order valence-electron chi connectivity index (χ1n) is 5.70. The number of benzene rings is 2. The fraction of sp³-hybridized carbons (Fsp3) is 0. The standard InChI is InChI=1S/C16H14N2/c1-3-13-9-5-7-11-15(13)17-18-16-12-8-6-10-14(16)4-2/h3-12H,1-2H2. The van der Waals surface area contributed by atoms with Crippen LogP contribution in [0.4, 0.5) is 11.4 Å². The van der Waals surface area contributed by atoms with Crippen molar-refractivity contribution >= 4 is 23.5 Å². The summed E-state index contributed by atoms with van der Waals surface area (Å²) in [6, 6.07) is 15.5. The van der Waals surface area contributed by atoms with Crippen molar-refractivity contribution in [2.45, 2.75) is 0 Å². The lowest BCUT2D eigenvalue weighted by atomic mass is 10.2. The molecule has 88 valence electrons. The van der Waals surface area contributed by atoms with Gasteiger partial charge in [0, 0.05) is 11.1 Å². The molecule has 0 spiro atoms. The fourth-order valence-corrected chi connectivity index (χ4v) is 1.61. The summed E-state index contributed by atoms with van der Waals surface area (Å²) in [5, 5.41) is 8.52. The minimum Gasteiger partial charge on any atom is -0.150 e. The molecule has 0 N–H and O–H groups in total. The molecule has 0 heterocycles. The van der Waals surface area contributed by atoms with E-state index in [1.54, 1.807) is 12.2 Å². The Labute approximate surface area is 107 Å². The lowest BCUT2D eigenvalue weighted by Crippen LogP contribution is -1.74. The van der Waals surface area contributed by atoms with Crippen LogP contribution in [0.3, 0.4) is 0 Å². The van der Waals surface area contributed by atoms with Crippen LogP contribution >= 0.6 is 0 Å². The van der Waals surface area contributed by atoms with Crippen LogP contribution in [0.5, 0.6) is 0 Å². The molecule has 2 aromatic carbocycles. The minimum atomic E-state index is 0.811. The molecule has 2 rings (SSSR count). The van der Waals surface area contributed by atoms with Crippen LogP contribution in [-0.2, 0) is 0 Å². The molecular weight excluding hydrogens is 220 g/mol. The third kappa shape index (κ3) is 2.61. The van der Waals surface area contributed by atoms with E-state index in [-0.39, 0.29) is 0 Å². The molecule has 0 atom stereocenters. The van der Waals surface area contributed by atoms with E-state index in [2.05, 4.69) is 23.4 Å². The van der Waals surface area contributed by atoms with Crippen LogP contribution in [0.1, 0.15) is 11.1 Å². The molecule has 0 amide bonds. The fourth-order valence-electron chi connectivity index (χ4n) is 1.61. The summed E-state index contributed by atoms with van der Waals surface area (Å²) in [5.74, 6) is 0. The summed E-state index contributed by atoms with van der Waals surface area (Å²) in [7, 11) is 0. The lowest BCUT2D eigenvalue weighted by molar-refractivity contribution is 1.22. The third-order valence-electron chi connectivity index (χ3n) is 2.58. The van der Waals surface area contributed by atoms with Crippen LogP contribution < -0.4 is 0 Å². The molecule has 18 heavy (non-hydrogen) atoms. The molecular formula is C16H14N2. The lowest BCUT2D eigenvalue weighted by Gasteiger charge is -2.00. The van der Waals surface area contributed by atoms with E-state index in [0.29, 0.717) is 0 Å². The van der Waals surface area contributed by atoms with Gasteiger partial charge in [-0.3, -0.25) is 0 Å². The second kappa shape index (κ2) is 5.73. The molecule has 0 fully saturated rings. The van der Waals surface area contributed by atoms with E-state index in [9.17, 15) is 0 Å². The van der Waals surface area contributed by atoms with Gasteiger partial charge in [-0.05, 0) is 12.1 Å². The largest absolute Gasteiger partial charge is 0.150 e.